The Kier molecular flexibility index (Phi) is 3.96. The first-order valence-corrected chi connectivity index (χ1v) is 6.58. The van der Waals surface area contributed by atoms with Gasteiger partial charge in [0.1, 0.15) is 5.41 Å². The molecule has 0 atom stereocenters. The first-order chi connectivity index (χ1) is 9.91. The molecule has 0 saturated heterocycles. The predicted molar refractivity (Wildman–Crippen MR) is 77.8 cm³/mol. The number of ether oxygens (including phenoxy) is 1. The number of hydrogen-bond acceptors (Lipinski definition) is 4. The van der Waals surface area contributed by atoms with Gasteiger partial charge in [0.25, 0.3) is 0 Å². The highest BCUT2D eigenvalue weighted by Gasteiger charge is 2.42. The Bertz CT molecular complexity index is 632. The molecule has 1 aliphatic heterocycles. The van der Waals surface area contributed by atoms with E-state index in [0.29, 0.717) is 30.1 Å². The summed E-state index contributed by atoms with van der Waals surface area (Å²) < 4.78 is 5.04. The smallest absolute Gasteiger partial charge is 0.242 e. The molecule has 1 heterocycles. The molecule has 21 heavy (non-hydrogen) atoms. The number of carbonyl (C=O) groups is 2. The number of nitrogens with one attached hydrogen (secondary N) is 1. The average molecular weight is 287 g/mol. The molecule has 1 aliphatic rings. The Morgan fingerprint density at radius 1 is 1.38 bits per heavy atom. The zero-order valence-electron chi connectivity index (χ0n) is 12.3. The van der Waals surface area contributed by atoms with Crippen LogP contribution in [0.1, 0.15) is 19.4 Å². The van der Waals surface area contributed by atoms with Gasteiger partial charge in [0.05, 0.1) is 29.6 Å². The minimum Gasteiger partial charge on any atom is -0.383 e. The molecule has 0 aromatic heterocycles. The maximum Gasteiger partial charge on any atom is 0.242 e. The van der Waals surface area contributed by atoms with Crippen molar-refractivity contribution in [1.29, 1.82) is 5.26 Å². The minimum absolute atomic E-state index is 0.291. The van der Waals surface area contributed by atoms with Gasteiger partial charge in [-0.05, 0) is 32.0 Å². The Balaban J connectivity index is 2.55. The summed E-state index contributed by atoms with van der Waals surface area (Å²) in [4.78, 5) is 26.4. The fraction of sp³-hybridized carbons (Fsp3) is 0.400. The predicted octanol–water partition coefficient (Wildman–Crippen LogP) is 1.52. The summed E-state index contributed by atoms with van der Waals surface area (Å²) in [6, 6.07) is 6.89. The third-order valence-corrected chi connectivity index (χ3v) is 3.53. The van der Waals surface area contributed by atoms with Crippen LogP contribution >= 0.6 is 0 Å². The highest BCUT2D eigenvalue weighted by Crippen LogP contribution is 2.35. The number of nitriles is 1. The van der Waals surface area contributed by atoms with E-state index >= 15 is 0 Å². The van der Waals surface area contributed by atoms with Crippen LogP contribution in [-0.2, 0) is 14.3 Å². The second-order valence-electron chi connectivity index (χ2n) is 5.37. The van der Waals surface area contributed by atoms with Crippen molar-refractivity contribution in [1.82, 2.24) is 0 Å². The number of amides is 2. The van der Waals surface area contributed by atoms with Crippen LogP contribution in [0.2, 0.25) is 0 Å². The number of nitrogens with zero attached hydrogens (tertiary/aromatic N) is 2. The van der Waals surface area contributed by atoms with Gasteiger partial charge in [-0.3, -0.25) is 9.59 Å². The van der Waals surface area contributed by atoms with Gasteiger partial charge in [-0.2, -0.15) is 5.26 Å². The van der Waals surface area contributed by atoms with Crippen LogP contribution in [0.5, 0.6) is 0 Å². The largest absolute Gasteiger partial charge is 0.383 e. The van der Waals surface area contributed by atoms with E-state index in [0.717, 1.165) is 0 Å². The van der Waals surface area contributed by atoms with Crippen molar-refractivity contribution in [3.63, 3.8) is 0 Å². The third kappa shape index (κ3) is 2.60. The number of fused-ring (bicyclic) bond motifs is 1. The van der Waals surface area contributed by atoms with E-state index < -0.39 is 5.41 Å². The van der Waals surface area contributed by atoms with Crippen molar-refractivity contribution in [3.05, 3.63) is 23.8 Å². The van der Waals surface area contributed by atoms with Gasteiger partial charge < -0.3 is 15.0 Å². The molecule has 0 radical (unpaired) electrons. The molecule has 110 valence electrons. The van der Waals surface area contributed by atoms with E-state index in [4.69, 9.17) is 10.00 Å². The molecular formula is C15H17N3O3. The first-order valence-electron chi connectivity index (χ1n) is 6.58. The van der Waals surface area contributed by atoms with E-state index in [1.54, 1.807) is 39.2 Å². The molecule has 2 amide bonds. The number of anilines is 2. The summed E-state index contributed by atoms with van der Waals surface area (Å²) in [7, 11) is 1.55. The number of carbonyl (C=O) groups excluding carboxylic acids is 2. The topological polar surface area (TPSA) is 82.4 Å². The lowest BCUT2D eigenvalue weighted by molar-refractivity contribution is -0.136. The molecule has 0 aliphatic carbocycles. The van der Waals surface area contributed by atoms with Gasteiger partial charge in [0.2, 0.25) is 11.8 Å². The molecule has 0 spiro atoms. The fourth-order valence-electron chi connectivity index (χ4n) is 2.17. The van der Waals surface area contributed by atoms with Crippen molar-refractivity contribution in [2.24, 2.45) is 5.41 Å². The molecule has 0 fully saturated rings. The van der Waals surface area contributed by atoms with Gasteiger partial charge in [0, 0.05) is 13.7 Å². The zero-order chi connectivity index (χ0) is 15.6. The first kappa shape index (κ1) is 15.0. The summed E-state index contributed by atoms with van der Waals surface area (Å²) in [5.41, 5.74) is 0.288. The summed E-state index contributed by atoms with van der Waals surface area (Å²) in [5.74, 6) is -0.677. The van der Waals surface area contributed by atoms with Crippen molar-refractivity contribution in [2.45, 2.75) is 13.8 Å². The summed E-state index contributed by atoms with van der Waals surface area (Å²) in [6.45, 7) is 3.87. The summed E-state index contributed by atoms with van der Waals surface area (Å²) in [6.07, 6.45) is 0. The Morgan fingerprint density at radius 2 is 2.10 bits per heavy atom. The quantitative estimate of drug-likeness (QED) is 0.854. The molecule has 0 unspecified atom stereocenters. The van der Waals surface area contributed by atoms with E-state index in [9.17, 15) is 9.59 Å². The van der Waals surface area contributed by atoms with E-state index in [1.807, 2.05) is 6.07 Å². The normalized spacial score (nSPS) is 16.8. The lowest BCUT2D eigenvalue weighted by Crippen LogP contribution is -2.46. The van der Waals surface area contributed by atoms with Crippen LogP contribution in [0.4, 0.5) is 11.4 Å². The summed E-state index contributed by atoms with van der Waals surface area (Å²) >= 11 is 0. The van der Waals surface area contributed by atoms with Crippen LogP contribution in [0.3, 0.4) is 0 Å². The monoisotopic (exact) mass is 287 g/mol. The molecule has 1 N–H and O–H groups in total. The van der Waals surface area contributed by atoms with Crippen LogP contribution in [0.25, 0.3) is 0 Å². The molecule has 2 rings (SSSR count). The maximum absolute atomic E-state index is 12.6. The zero-order valence-corrected chi connectivity index (χ0v) is 12.3. The standard InChI is InChI=1S/C15H17N3O3/c1-15(2)13(19)17-11-8-10(9-16)4-5-12(11)18(14(15)20)6-7-21-3/h4-5,8H,6-7H2,1-3H3,(H,17,19). The van der Waals surface area contributed by atoms with Gasteiger partial charge in [0.15, 0.2) is 0 Å². The van der Waals surface area contributed by atoms with Crippen LogP contribution in [-0.4, -0.2) is 32.1 Å². The van der Waals surface area contributed by atoms with Crippen molar-refractivity contribution in [3.8, 4) is 6.07 Å². The fourth-order valence-corrected chi connectivity index (χ4v) is 2.17. The molecule has 1 aromatic rings. The van der Waals surface area contributed by atoms with E-state index in [1.165, 1.54) is 4.90 Å². The molecular weight excluding hydrogens is 270 g/mol. The number of methoxy groups -OCH3 is 1. The van der Waals surface area contributed by atoms with Gasteiger partial charge >= 0.3 is 0 Å². The van der Waals surface area contributed by atoms with Crippen molar-refractivity contribution in [2.75, 3.05) is 30.5 Å². The van der Waals surface area contributed by atoms with Crippen LogP contribution in [0.15, 0.2) is 18.2 Å². The van der Waals surface area contributed by atoms with Gasteiger partial charge in [-0.1, -0.05) is 0 Å². The highest BCUT2D eigenvalue weighted by molar-refractivity contribution is 6.19. The molecule has 0 saturated carbocycles. The molecule has 1 aromatic carbocycles. The lowest BCUT2D eigenvalue weighted by Gasteiger charge is -2.27. The SMILES string of the molecule is COCCN1C(=O)C(C)(C)C(=O)Nc2cc(C#N)ccc21. The van der Waals surface area contributed by atoms with E-state index in [2.05, 4.69) is 5.32 Å². The van der Waals surface area contributed by atoms with E-state index in [-0.39, 0.29) is 11.8 Å². The van der Waals surface area contributed by atoms with Crippen molar-refractivity contribution < 1.29 is 14.3 Å². The summed E-state index contributed by atoms with van der Waals surface area (Å²) in [5, 5.41) is 11.7. The third-order valence-electron chi connectivity index (χ3n) is 3.53. The van der Waals surface area contributed by atoms with Crippen LogP contribution in [0, 0.1) is 16.7 Å². The minimum atomic E-state index is -1.18. The number of rotatable bonds is 3. The average Bonchev–Trinajstić information content (AvgIpc) is 2.53. The number of hydrogen-bond donors (Lipinski definition) is 1. The second-order valence-corrected chi connectivity index (χ2v) is 5.37. The molecule has 6 heteroatoms. The Labute approximate surface area is 123 Å². The Morgan fingerprint density at radius 3 is 2.71 bits per heavy atom. The number of benzene rings is 1. The molecule has 6 nitrogen and oxygen atoms in total. The van der Waals surface area contributed by atoms with Crippen LogP contribution < -0.4 is 10.2 Å². The lowest BCUT2D eigenvalue weighted by atomic mass is 9.91. The van der Waals surface area contributed by atoms with Gasteiger partial charge in [-0.15, -0.1) is 0 Å². The maximum atomic E-state index is 12.6. The second kappa shape index (κ2) is 5.54. The van der Waals surface area contributed by atoms with Gasteiger partial charge in [-0.25, -0.2) is 0 Å². The Hall–Kier alpha value is -2.39. The molecule has 0 bridgehead atoms. The van der Waals surface area contributed by atoms with Crippen molar-refractivity contribution >= 4 is 23.2 Å². The highest BCUT2D eigenvalue weighted by atomic mass is 16.5.